The van der Waals surface area contributed by atoms with E-state index in [4.69, 9.17) is 0 Å². The van der Waals surface area contributed by atoms with Crippen molar-refractivity contribution in [1.29, 1.82) is 0 Å². The first-order chi connectivity index (χ1) is 5.77. The Morgan fingerprint density at radius 2 is 2.25 bits per heavy atom. The normalized spacial score (nSPS) is 14.6. The van der Waals surface area contributed by atoms with E-state index in [0.29, 0.717) is 5.92 Å². The summed E-state index contributed by atoms with van der Waals surface area (Å²) in [4.78, 5) is 4.48. The third-order valence-electron chi connectivity index (χ3n) is 2.08. The van der Waals surface area contributed by atoms with Crippen molar-refractivity contribution in [2.45, 2.75) is 26.3 Å². The third kappa shape index (κ3) is 1.16. The number of nitrogens with one attached hydrogen (secondary N) is 2. The Bertz CT molecular complexity index is 294. The van der Waals surface area contributed by atoms with Gasteiger partial charge in [0.05, 0.1) is 0 Å². The molecule has 0 spiro atoms. The van der Waals surface area contributed by atoms with Gasteiger partial charge < -0.3 is 5.43 Å². The van der Waals surface area contributed by atoms with Crippen LogP contribution in [0.15, 0.2) is 12.1 Å². The van der Waals surface area contributed by atoms with Crippen LogP contribution in [-0.2, 0) is 6.54 Å². The standard InChI is InChI=1S/C9H13N3/c1-6(2)8-4-3-7-5-10-12-9(7)11-8/h3-4,6,10H,5H2,1-2H3,(H,11,12). The second-order valence-corrected chi connectivity index (χ2v) is 3.38. The molecule has 12 heavy (non-hydrogen) atoms. The largest absolute Gasteiger partial charge is 0.305 e. The summed E-state index contributed by atoms with van der Waals surface area (Å²) in [6, 6.07) is 4.23. The van der Waals surface area contributed by atoms with Crippen molar-refractivity contribution >= 4 is 5.82 Å². The molecule has 0 unspecified atom stereocenters. The van der Waals surface area contributed by atoms with Crippen molar-refractivity contribution < 1.29 is 0 Å². The van der Waals surface area contributed by atoms with Gasteiger partial charge in [0.15, 0.2) is 0 Å². The molecule has 2 heterocycles. The fourth-order valence-electron chi connectivity index (χ4n) is 1.30. The molecule has 3 heteroatoms. The molecule has 0 radical (unpaired) electrons. The Morgan fingerprint density at radius 1 is 1.42 bits per heavy atom. The zero-order chi connectivity index (χ0) is 8.55. The second-order valence-electron chi connectivity index (χ2n) is 3.38. The minimum absolute atomic E-state index is 0.498. The van der Waals surface area contributed by atoms with Crippen LogP contribution in [0, 0.1) is 0 Å². The van der Waals surface area contributed by atoms with Gasteiger partial charge in [-0.05, 0) is 12.0 Å². The number of nitrogens with zero attached hydrogens (tertiary/aromatic N) is 1. The third-order valence-corrected chi connectivity index (χ3v) is 2.08. The summed E-state index contributed by atoms with van der Waals surface area (Å²) in [6.45, 7) is 5.18. The van der Waals surface area contributed by atoms with Gasteiger partial charge in [0.25, 0.3) is 0 Å². The van der Waals surface area contributed by atoms with Crippen molar-refractivity contribution in [2.75, 3.05) is 5.43 Å². The highest BCUT2D eigenvalue weighted by Crippen LogP contribution is 2.20. The van der Waals surface area contributed by atoms with Crippen molar-refractivity contribution in [1.82, 2.24) is 10.4 Å². The number of rotatable bonds is 1. The highest BCUT2D eigenvalue weighted by Gasteiger charge is 2.11. The van der Waals surface area contributed by atoms with Gasteiger partial charge in [-0.25, -0.2) is 10.4 Å². The van der Waals surface area contributed by atoms with Gasteiger partial charge in [0, 0.05) is 17.8 Å². The molecule has 3 nitrogen and oxygen atoms in total. The van der Waals surface area contributed by atoms with E-state index in [2.05, 4.69) is 41.8 Å². The number of aromatic nitrogens is 1. The Labute approximate surface area is 72.2 Å². The average molecular weight is 163 g/mol. The Kier molecular flexibility index (Phi) is 1.73. The average Bonchev–Trinajstić information content (AvgIpc) is 2.49. The molecule has 0 saturated heterocycles. The minimum Gasteiger partial charge on any atom is -0.305 e. The molecule has 2 N–H and O–H groups in total. The molecule has 0 saturated carbocycles. The van der Waals surface area contributed by atoms with Crippen LogP contribution in [0.5, 0.6) is 0 Å². The summed E-state index contributed by atoms with van der Waals surface area (Å²) in [5, 5.41) is 0. The quantitative estimate of drug-likeness (QED) is 0.660. The van der Waals surface area contributed by atoms with Crippen LogP contribution in [0.2, 0.25) is 0 Å². The van der Waals surface area contributed by atoms with Gasteiger partial charge in [-0.2, -0.15) is 0 Å². The summed E-state index contributed by atoms with van der Waals surface area (Å²) in [5.41, 5.74) is 8.47. The van der Waals surface area contributed by atoms with Crippen LogP contribution in [0.3, 0.4) is 0 Å². The summed E-state index contributed by atoms with van der Waals surface area (Å²) in [5.74, 6) is 1.49. The number of hydrogen-bond acceptors (Lipinski definition) is 3. The molecule has 0 fully saturated rings. The van der Waals surface area contributed by atoms with Crippen LogP contribution in [0.1, 0.15) is 31.0 Å². The molecule has 1 aromatic heterocycles. The second kappa shape index (κ2) is 2.75. The lowest BCUT2D eigenvalue weighted by molar-refractivity contribution is 0.823. The first-order valence-electron chi connectivity index (χ1n) is 4.26. The SMILES string of the molecule is CC(C)c1ccc2c(n1)NNC2. The van der Waals surface area contributed by atoms with Crippen LogP contribution in [0.25, 0.3) is 0 Å². The highest BCUT2D eigenvalue weighted by atomic mass is 15.4. The summed E-state index contributed by atoms with van der Waals surface area (Å²) in [7, 11) is 0. The first kappa shape index (κ1) is 7.55. The highest BCUT2D eigenvalue weighted by molar-refractivity contribution is 5.47. The molecule has 0 bridgehead atoms. The monoisotopic (exact) mass is 163 g/mol. The molecule has 64 valence electrons. The maximum Gasteiger partial charge on any atom is 0.145 e. The molecule has 1 aliphatic heterocycles. The topological polar surface area (TPSA) is 37.0 Å². The van der Waals surface area contributed by atoms with Gasteiger partial charge in [-0.3, -0.25) is 0 Å². The number of hydrogen-bond donors (Lipinski definition) is 2. The summed E-state index contributed by atoms with van der Waals surface area (Å²) in [6.07, 6.45) is 0. The van der Waals surface area contributed by atoms with E-state index in [-0.39, 0.29) is 0 Å². The van der Waals surface area contributed by atoms with Gasteiger partial charge >= 0.3 is 0 Å². The van der Waals surface area contributed by atoms with E-state index in [1.165, 1.54) is 5.56 Å². The zero-order valence-corrected chi connectivity index (χ0v) is 7.39. The lowest BCUT2D eigenvalue weighted by Gasteiger charge is -2.05. The Hall–Kier alpha value is -1.09. The number of hydrazine groups is 1. The molecule has 1 aromatic rings. The number of pyridine rings is 1. The van der Waals surface area contributed by atoms with Gasteiger partial charge in [-0.1, -0.05) is 19.9 Å². The van der Waals surface area contributed by atoms with Gasteiger partial charge in [0.2, 0.25) is 0 Å². The van der Waals surface area contributed by atoms with Crippen LogP contribution < -0.4 is 10.9 Å². The zero-order valence-electron chi connectivity index (χ0n) is 7.39. The van der Waals surface area contributed by atoms with Crippen LogP contribution in [-0.4, -0.2) is 4.98 Å². The van der Waals surface area contributed by atoms with Crippen molar-refractivity contribution in [3.63, 3.8) is 0 Å². The van der Waals surface area contributed by atoms with Crippen molar-refractivity contribution in [3.05, 3.63) is 23.4 Å². The fourth-order valence-corrected chi connectivity index (χ4v) is 1.30. The van der Waals surface area contributed by atoms with Gasteiger partial charge in [0.1, 0.15) is 5.82 Å². The lowest BCUT2D eigenvalue weighted by atomic mass is 10.1. The van der Waals surface area contributed by atoms with E-state index in [0.717, 1.165) is 18.1 Å². The maximum atomic E-state index is 4.48. The van der Waals surface area contributed by atoms with Crippen LogP contribution >= 0.6 is 0 Å². The Balaban J connectivity index is 2.39. The van der Waals surface area contributed by atoms with E-state index in [1.807, 2.05) is 0 Å². The fraction of sp³-hybridized carbons (Fsp3) is 0.444. The van der Waals surface area contributed by atoms with E-state index in [1.54, 1.807) is 0 Å². The number of fused-ring (bicyclic) bond motifs is 1. The van der Waals surface area contributed by atoms with E-state index >= 15 is 0 Å². The molecular weight excluding hydrogens is 150 g/mol. The predicted molar refractivity (Wildman–Crippen MR) is 48.8 cm³/mol. The summed E-state index contributed by atoms with van der Waals surface area (Å²) >= 11 is 0. The van der Waals surface area contributed by atoms with E-state index < -0.39 is 0 Å². The molecule has 0 aromatic carbocycles. The minimum atomic E-state index is 0.498. The first-order valence-corrected chi connectivity index (χ1v) is 4.26. The van der Waals surface area contributed by atoms with Crippen molar-refractivity contribution in [2.24, 2.45) is 0 Å². The molecule has 1 aliphatic rings. The Morgan fingerprint density at radius 3 is 3.00 bits per heavy atom. The van der Waals surface area contributed by atoms with Crippen LogP contribution in [0.4, 0.5) is 5.82 Å². The summed E-state index contributed by atoms with van der Waals surface area (Å²) < 4.78 is 0. The molecule has 0 amide bonds. The predicted octanol–water partition coefficient (Wildman–Crippen LogP) is 1.64. The van der Waals surface area contributed by atoms with E-state index in [9.17, 15) is 0 Å². The molecule has 0 atom stereocenters. The smallest absolute Gasteiger partial charge is 0.145 e. The maximum absolute atomic E-state index is 4.48. The number of anilines is 1. The molecular formula is C9H13N3. The molecule has 2 rings (SSSR count). The van der Waals surface area contributed by atoms with Gasteiger partial charge in [-0.15, -0.1) is 0 Å². The lowest BCUT2D eigenvalue weighted by Crippen LogP contribution is -2.11. The molecule has 0 aliphatic carbocycles. The van der Waals surface area contributed by atoms with Crippen molar-refractivity contribution in [3.8, 4) is 0 Å².